The van der Waals surface area contributed by atoms with Crippen molar-refractivity contribution in [3.63, 3.8) is 0 Å². The molecular weight excluding hydrogens is 266 g/mol. The van der Waals surface area contributed by atoms with E-state index >= 15 is 0 Å². The molecule has 0 bridgehead atoms. The van der Waals surface area contributed by atoms with Crippen LogP contribution in [-0.4, -0.2) is 21.7 Å². The van der Waals surface area contributed by atoms with Gasteiger partial charge in [-0.25, -0.2) is 4.68 Å². The fourth-order valence-electron chi connectivity index (χ4n) is 2.67. The van der Waals surface area contributed by atoms with Gasteiger partial charge in [0.1, 0.15) is 0 Å². The Kier molecular flexibility index (Phi) is 3.56. The topological polar surface area (TPSA) is 64.0 Å². The highest BCUT2D eigenvalue weighted by atomic mass is 16.1. The number of aryl methyl sites for hydroxylation is 2. The van der Waals surface area contributed by atoms with Gasteiger partial charge in [0.25, 0.3) is 11.5 Å². The van der Waals surface area contributed by atoms with Gasteiger partial charge in [-0.3, -0.25) is 9.59 Å². The zero-order valence-electron chi connectivity index (χ0n) is 11.9. The predicted octanol–water partition coefficient (Wildman–Crippen LogP) is 1.07. The van der Waals surface area contributed by atoms with Crippen LogP contribution in [0.15, 0.2) is 41.2 Å². The minimum atomic E-state index is -0.108. The van der Waals surface area contributed by atoms with E-state index in [2.05, 4.69) is 10.4 Å². The lowest BCUT2D eigenvalue weighted by atomic mass is 9.92. The third-order valence-corrected chi connectivity index (χ3v) is 3.83. The van der Waals surface area contributed by atoms with Crippen LogP contribution in [0.1, 0.15) is 28.0 Å². The van der Waals surface area contributed by atoms with Gasteiger partial charge in [-0.05, 0) is 37.0 Å². The van der Waals surface area contributed by atoms with Crippen LogP contribution in [0, 0.1) is 0 Å². The molecule has 1 unspecified atom stereocenters. The second-order valence-corrected chi connectivity index (χ2v) is 5.36. The maximum Gasteiger partial charge on any atom is 0.266 e. The van der Waals surface area contributed by atoms with Crippen molar-refractivity contribution in [1.82, 2.24) is 15.1 Å². The molecule has 1 heterocycles. The SMILES string of the molecule is Cn1nc2c(cc1=O)CC(NC(=O)c1ccccc1)CC2. The van der Waals surface area contributed by atoms with Crippen molar-refractivity contribution in [2.75, 3.05) is 0 Å². The normalized spacial score (nSPS) is 17.1. The van der Waals surface area contributed by atoms with Gasteiger partial charge < -0.3 is 5.32 Å². The van der Waals surface area contributed by atoms with Gasteiger partial charge in [0, 0.05) is 24.7 Å². The quantitative estimate of drug-likeness (QED) is 0.896. The molecule has 5 nitrogen and oxygen atoms in total. The van der Waals surface area contributed by atoms with E-state index in [9.17, 15) is 9.59 Å². The highest BCUT2D eigenvalue weighted by molar-refractivity contribution is 5.94. The number of benzene rings is 1. The minimum absolute atomic E-state index is 0.0547. The zero-order chi connectivity index (χ0) is 14.8. The van der Waals surface area contributed by atoms with E-state index in [0.717, 1.165) is 24.1 Å². The van der Waals surface area contributed by atoms with E-state index in [1.165, 1.54) is 4.68 Å². The highest BCUT2D eigenvalue weighted by Gasteiger charge is 2.22. The Balaban J connectivity index is 1.73. The molecule has 0 fully saturated rings. The van der Waals surface area contributed by atoms with E-state index in [4.69, 9.17) is 0 Å². The molecule has 1 aromatic heterocycles. The summed E-state index contributed by atoms with van der Waals surface area (Å²) in [4.78, 5) is 23.8. The Morgan fingerprint density at radius 1 is 1.33 bits per heavy atom. The number of carbonyl (C=O) groups is 1. The molecule has 2 aromatic rings. The molecule has 1 aliphatic rings. The fourth-order valence-corrected chi connectivity index (χ4v) is 2.67. The summed E-state index contributed by atoms with van der Waals surface area (Å²) in [6.07, 6.45) is 2.29. The molecule has 1 aliphatic carbocycles. The van der Waals surface area contributed by atoms with Crippen molar-refractivity contribution in [3.05, 3.63) is 63.6 Å². The standard InChI is InChI=1S/C16H17N3O2/c1-19-15(20)10-12-9-13(7-8-14(12)18-19)17-16(21)11-5-3-2-4-6-11/h2-6,10,13H,7-9H2,1H3,(H,17,21). The van der Waals surface area contributed by atoms with Crippen molar-refractivity contribution in [2.24, 2.45) is 7.05 Å². The third-order valence-electron chi connectivity index (χ3n) is 3.83. The summed E-state index contributed by atoms with van der Waals surface area (Å²) < 4.78 is 1.36. The lowest BCUT2D eigenvalue weighted by molar-refractivity contribution is 0.0933. The number of rotatable bonds is 2. The summed E-state index contributed by atoms with van der Waals surface area (Å²) in [6, 6.07) is 10.8. The van der Waals surface area contributed by atoms with Crippen molar-refractivity contribution in [2.45, 2.75) is 25.3 Å². The Hall–Kier alpha value is -2.43. The van der Waals surface area contributed by atoms with Gasteiger partial charge in [-0.2, -0.15) is 5.10 Å². The summed E-state index contributed by atoms with van der Waals surface area (Å²) in [6.45, 7) is 0. The summed E-state index contributed by atoms with van der Waals surface area (Å²) in [5.74, 6) is -0.0687. The summed E-state index contributed by atoms with van der Waals surface area (Å²) in [7, 11) is 1.66. The predicted molar refractivity (Wildman–Crippen MR) is 79.2 cm³/mol. The van der Waals surface area contributed by atoms with Crippen molar-refractivity contribution in [1.29, 1.82) is 0 Å². The smallest absolute Gasteiger partial charge is 0.266 e. The molecule has 0 aliphatic heterocycles. The molecule has 0 saturated carbocycles. The monoisotopic (exact) mass is 283 g/mol. The molecule has 3 rings (SSSR count). The van der Waals surface area contributed by atoms with Gasteiger partial charge in [0.05, 0.1) is 5.69 Å². The number of hydrogen-bond donors (Lipinski definition) is 1. The molecule has 1 amide bonds. The first-order valence-electron chi connectivity index (χ1n) is 7.05. The molecule has 21 heavy (non-hydrogen) atoms. The van der Waals surface area contributed by atoms with E-state index in [0.29, 0.717) is 12.0 Å². The number of hydrogen-bond acceptors (Lipinski definition) is 3. The average Bonchev–Trinajstić information content (AvgIpc) is 2.49. The van der Waals surface area contributed by atoms with E-state index in [1.54, 1.807) is 25.2 Å². The van der Waals surface area contributed by atoms with Crippen LogP contribution in [0.5, 0.6) is 0 Å². The Labute approximate surface area is 122 Å². The Morgan fingerprint density at radius 3 is 2.86 bits per heavy atom. The van der Waals surface area contributed by atoms with Gasteiger partial charge in [0.2, 0.25) is 0 Å². The molecule has 0 saturated heterocycles. The fraction of sp³-hybridized carbons (Fsp3) is 0.312. The zero-order valence-corrected chi connectivity index (χ0v) is 11.9. The summed E-state index contributed by atoms with van der Waals surface area (Å²) in [5.41, 5.74) is 2.46. The van der Waals surface area contributed by atoms with E-state index in [-0.39, 0.29) is 17.5 Å². The second kappa shape index (κ2) is 5.52. The van der Waals surface area contributed by atoms with E-state index < -0.39 is 0 Å². The molecular formula is C16H17N3O2. The number of fused-ring (bicyclic) bond motifs is 1. The first-order chi connectivity index (χ1) is 10.1. The molecule has 1 N–H and O–H groups in total. The average molecular weight is 283 g/mol. The number of nitrogens with zero attached hydrogens (tertiary/aromatic N) is 2. The van der Waals surface area contributed by atoms with Crippen LogP contribution in [0.25, 0.3) is 0 Å². The van der Waals surface area contributed by atoms with Crippen molar-refractivity contribution in [3.8, 4) is 0 Å². The maximum absolute atomic E-state index is 12.2. The lowest BCUT2D eigenvalue weighted by Gasteiger charge is -2.24. The summed E-state index contributed by atoms with van der Waals surface area (Å²) >= 11 is 0. The van der Waals surface area contributed by atoms with Crippen molar-refractivity contribution < 1.29 is 4.79 Å². The first-order valence-corrected chi connectivity index (χ1v) is 7.05. The van der Waals surface area contributed by atoms with Crippen molar-refractivity contribution >= 4 is 5.91 Å². The van der Waals surface area contributed by atoms with Crippen LogP contribution in [0.3, 0.4) is 0 Å². The van der Waals surface area contributed by atoms with Crippen LogP contribution in [-0.2, 0) is 19.9 Å². The summed E-state index contributed by atoms with van der Waals surface area (Å²) in [5, 5.41) is 7.31. The highest BCUT2D eigenvalue weighted by Crippen LogP contribution is 2.18. The Bertz CT molecular complexity index is 722. The van der Waals surface area contributed by atoms with Crippen LogP contribution < -0.4 is 10.9 Å². The van der Waals surface area contributed by atoms with Gasteiger partial charge >= 0.3 is 0 Å². The van der Waals surface area contributed by atoms with Crippen LogP contribution in [0.4, 0.5) is 0 Å². The molecule has 0 spiro atoms. The molecule has 1 atom stereocenters. The minimum Gasteiger partial charge on any atom is -0.349 e. The van der Waals surface area contributed by atoms with Crippen LogP contribution >= 0.6 is 0 Å². The van der Waals surface area contributed by atoms with Gasteiger partial charge in [-0.1, -0.05) is 18.2 Å². The first kappa shape index (κ1) is 13.5. The Morgan fingerprint density at radius 2 is 2.10 bits per heavy atom. The maximum atomic E-state index is 12.2. The molecule has 108 valence electrons. The third kappa shape index (κ3) is 2.86. The molecule has 1 aromatic carbocycles. The lowest BCUT2D eigenvalue weighted by Crippen LogP contribution is -2.40. The van der Waals surface area contributed by atoms with Crippen LogP contribution in [0.2, 0.25) is 0 Å². The molecule has 5 heteroatoms. The number of carbonyl (C=O) groups excluding carboxylic acids is 1. The molecule has 0 radical (unpaired) electrons. The number of nitrogens with one attached hydrogen (secondary N) is 1. The largest absolute Gasteiger partial charge is 0.349 e. The van der Waals surface area contributed by atoms with Gasteiger partial charge in [-0.15, -0.1) is 0 Å². The van der Waals surface area contributed by atoms with E-state index in [1.807, 2.05) is 18.2 Å². The van der Waals surface area contributed by atoms with Gasteiger partial charge in [0.15, 0.2) is 0 Å². The number of aromatic nitrogens is 2. The number of amides is 1. The second-order valence-electron chi connectivity index (χ2n) is 5.36.